The molecule has 11 N–H and O–H groups in total. The van der Waals surface area contributed by atoms with Crippen LogP contribution in [0.4, 0.5) is 0 Å². The number of hydrogen-bond acceptors (Lipinski definition) is 7. The number of H-pyrrole nitrogens is 1. The Morgan fingerprint density at radius 1 is 1.05 bits per heavy atom. The fraction of sp³-hybridized carbons (Fsp3) is 0.652. The first-order chi connectivity index (χ1) is 17.4. The number of carboxylic acid groups (broad SMARTS) is 1. The summed E-state index contributed by atoms with van der Waals surface area (Å²) in [4.78, 5) is 61.4. The van der Waals surface area contributed by atoms with Crippen molar-refractivity contribution in [2.45, 2.75) is 77.5 Å². The van der Waals surface area contributed by atoms with Gasteiger partial charge in [0.1, 0.15) is 18.1 Å². The summed E-state index contributed by atoms with van der Waals surface area (Å²) in [6, 6.07) is -4.13. The summed E-state index contributed by atoms with van der Waals surface area (Å²) in [5.41, 5.74) is 17.1. The second-order valence-electron chi connectivity index (χ2n) is 9.33. The minimum Gasteiger partial charge on any atom is -0.480 e. The first-order valence-corrected chi connectivity index (χ1v) is 12.3. The van der Waals surface area contributed by atoms with Gasteiger partial charge >= 0.3 is 5.97 Å². The summed E-state index contributed by atoms with van der Waals surface area (Å²) in [5.74, 6) is -3.59. The summed E-state index contributed by atoms with van der Waals surface area (Å²) in [5, 5.41) is 17.4. The molecule has 0 spiro atoms. The van der Waals surface area contributed by atoms with Crippen molar-refractivity contribution in [2.75, 3.05) is 6.54 Å². The lowest BCUT2D eigenvalue weighted by atomic mass is 9.96. The summed E-state index contributed by atoms with van der Waals surface area (Å²) >= 11 is 0. The van der Waals surface area contributed by atoms with Crippen molar-refractivity contribution in [2.24, 2.45) is 34.0 Å². The minimum atomic E-state index is -1.22. The highest BCUT2D eigenvalue weighted by Crippen LogP contribution is 2.11. The highest BCUT2D eigenvalue weighted by Gasteiger charge is 2.33. The SMILES string of the molecule is CCC(C)C(NC(=O)C(Cc1cnc[nH]1)NC(=O)C(N)C(C)C)C(=O)NC(CCCN=C(N)N)C(=O)O. The van der Waals surface area contributed by atoms with E-state index in [0.29, 0.717) is 18.5 Å². The van der Waals surface area contributed by atoms with Crippen LogP contribution in [0.3, 0.4) is 0 Å². The van der Waals surface area contributed by atoms with E-state index in [1.54, 1.807) is 20.8 Å². The van der Waals surface area contributed by atoms with Gasteiger partial charge in [0.2, 0.25) is 17.7 Å². The largest absolute Gasteiger partial charge is 0.480 e. The molecule has 0 aliphatic carbocycles. The number of nitrogens with zero attached hydrogens (tertiary/aromatic N) is 2. The molecule has 3 amide bonds. The third-order valence-corrected chi connectivity index (χ3v) is 5.99. The summed E-state index contributed by atoms with van der Waals surface area (Å²) in [6.45, 7) is 7.38. The van der Waals surface area contributed by atoms with Crippen LogP contribution < -0.4 is 33.2 Å². The van der Waals surface area contributed by atoms with Crippen LogP contribution in [0, 0.1) is 11.8 Å². The topological polar surface area (TPSA) is 244 Å². The number of aromatic nitrogens is 2. The maximum absolute atomic E-state index is 13.3. The number of nitrogens with two attached hydrogens (primary N) is 3. The van der Waals surface area contributed by atoms with Crippen molar-refractivity contribution in [3.8, 4) is 0 Å². The predicted octanol–water partition coefficient (Wildman–Crippen LogP) is -1.43. The summed E-state index contributed by atoms with van der Waals surface area (Å²) in [6.07, 6.45) is 3.98. The van der Waals surface area contributed by atoms with E-state index in [4.69, 9.17) is 17.2 Å². The van der Waals surface area contributed by atoms with E-state index in [9.17, 15) is 24.3 Å². The number of aliphatic carboxylic acids is 1. The monoisotopic (exact) mass is 523 g/mol. The normalized spacial score (nSPS) is 15.1. The lowest BCUT2D eigenvalue weighted by Crippen LogP contribution is -2.59. The Morgan fingerprint density at radius 2 is 1.70 bits per heavy atom. The van der Waals surface area contributed by atoms with Crippen molar-refractivity contribution in [3.05, 3.63) is 18.2 Å². The average molecular weight is 524 g/mol. The number of aliphatic imine (C=N–C) groups is 1. The number of guanidine groups is 1. The van der Waals surface area contributed by atoms with E-state index >= 15 is 0 Å². The molecular weight excluding hydrogens is 482 g/mol. The maximum atomic E-state index is 13.3. The fourth-order valence-electron chi connectivity index (χ4n) is 3.37. The van der Waals surface area contributed by atoms with Gasteiger partial charge in [-0.1, -0.05) is 34.1 Å². The molecule has 0 aromatic carbocycles. The molecule has 1 heterocycles. The van der Waals surface area contributed by atoms with Crippen molar-refractivity contribution in [3.63, 3.8) is 0 Å². The number of carboxylic acids is 1. The second-order valence-corrected chi connectivity index (χ2v) is 9.33. The Labute approximate surface area is 216 Å². The maximum Gasteiger partial charge on any atom is 0.326 e. The van der Waals surface area contributed by atoms with E-state index in [0.717, 1.165) is 0 Å². The first kappa shape index (κ1) is 31.4. The van der Waals surface area contributed by atoms with Crippen LogP contribution in [0.25, 0.3) is 0 Å². The van der Waals surface area contributed by atoms with E-state index in [1.165, 1.54) is 12.5 Å². The van der Waals surface area contributed by atoms with Crippen LogP contribution in [0.15, 0.2) is 17.5 Å². The van der Waals surface area contributed by atoms with Crippen molar-refractivity contribution >= 4 is 29.7 Å². The van der Waals surface area contributed by atoms with Gasteiger partial charge in [-0.15, -0.1) is 0 Å². The number of amides is 3. The molecule has 0 bridgehead atoms. The Morgan fingerprint density at radius 3 is 2.22 bits per heavy atom. The lowest BCUT2D eigenvalue weighted by Gasteiger charge is -2.28. The first-order valence-electron chi connectivity index (χ1n) is 12.3. The van der Waals surface area contributed by atoms with E-state index in [-0.39, 0.29) is 37.2 Å². The number of nitrogens with one attached hydrogen (secondary N) is 4. The molecule has 0 radical (unpaired) electrons. The molecule has 14 heteroatoms. The van der Waals surface area contributed by atoms with E-state index in [2.05, 4.69) is 30.9 Å². The van der Waals surface area contributed by atoms with Gasteiger partial charge in [0.15, 0.2) is 5.96 Å². The molecule has 0 fully saturated rings. The van der Waals surface area contributed by atoms with Gasteiger partial charge in [-0.3, -0.25) is 19.4 Å². The smallest absolute Gasteiger partial charge is 0.326 e. The number of hydrogen-bond donors (Lipinski definition) is 8. The molecule has 0 aliphatic rings. The number of rotatable bonds is 16. The van der Waals surface area contributed by atoms with Crippen LogP contribution >= 0.6 is 0 Å². The molecule has 14 nitrogen and oxygen atoms in total. The molecule has 208 valence electrons. The third kappa shape index (κ3) is 10.9. The number of imidazole rings is 1. The lowest BCUT2D eigenvalue weighted by molar-refractivity contribution is -0.143. The Balaban J connectivity index is 3.03. The zero-order valence-electron chi connectivity index (χ0n) is 21.9. The Hall–Kier alpha value is -3.68. The highest BCUT2D eigenvalue weighted by atomic mass is 16.4. The number of carbonyl (C=O) groups is 4. The van der Waals surface area contributed by atoms with Gasteiger partial charge in [0, 0.05) is 24.9 Å². The summed E-state index contributed by atoms with van der Waals surface area (Å²) in [7, 11) is 0. The molecule has 5 unspecified atom stereocenters. The van der Waals surface area contributed by atoms with Gasteiger partial charge < -0.3 is 43.2 Å². The molecule has 5 atom stereocenters. The third-order valence-electron chi connectivity index (χ3n) is 5.99. The van der Waals surface area contributed by atoms with Crippen molar-refractivity contribution < 1.29 is 24.3 Å². The molecule has 1 rings (SSSR count). The second kappa shape index (κ2) is 15.4. The van der Waals surface area contributed by atoms with Gasteiger partial charge in [0.25, 0.3) is 0 Å². The molecule has 37 heavy (non-hydrogen) atoms. The number of carbonyl (C=O) groups excluding carboxylic acids is 3. The molecular formula is C23H41N9O5. The quantitative estimate of drug-likeness (QED) is 0.0718. The average Bonchev–Trinajstić information content (AvgIpc) is 3.35. The van der Waals surface area contributed by atoms with Gasteiger partial charge in [-0.05, 0) is 24.7 Å². The molecule has 0 saturated heterocycles. The Bertz CT molecular complexity index is 916. The van der Waals surface area contributed by atoms with E-state index < -0.39 is 47.9 Å². The fourth-order valence-corrected chi connectivity index (χ4v) is 3.37. The van der Waals surface area contributed by atoms with E-state index in [1.807, 2.05) is 6.92 Å². The molecule has 0 aliphatic heterocycles. The van der Waals surface area contributed by atoms with Gasteiger partial charge in [-0.2, -0.15) is 0 Å². The highest BCUT2D eigenvalue weighted by molar-refractivity contribution is 5.94. The predicted molar refractivity (Wildman–Crippen MR) is 138 cm³/mol. The van der Waals surface area contributed by atoms with Crippen LogP contribution in [0.1, 0.15) is 52.7 Å². The zero-order valence-corrected chi connectivity index (χ0v) is 21.9. The van der Waals surface area contributed by atoms with Gasteiger partial charge in [-0.25, -0.2) is 9.78 Å². The van der Waals surface area contributed by atoms with Crippen LogP contribution in [-0.4, -0.2) is 75.4 Å². The molecule has 1 aromatic rings. The Kier molecular flexibility index (Phi) is 13.1. The van der Waals surface area contributed by atoms with Crippen molar-refractivity contribution in [1.29, 1.82) is 0 Å². The van der Waals surface area contributed by atoms with Gasteiger partial charge in [0.05, 0.1) is 12.4 Å². The standard InChI is InChI=1S/C23H41N9O5/c1-5-13(4)18(21(35)30-15(22(36)37)7-6-8-28-23(25)26)32-19(33)16(9-14-10-27-11-29-14)31-20(34)17(24)12(2)3/h10-13,15-18H,5-9,24H2,1-4H3,(H,27,29)(H,30,35)(H,31,34)(H,32,33)(H,36,37)(H4,25,26,28). The number of aromatic amines is 1. The summed E-state index contributed by atoms with van der Waals surface area (Å²) < 4.78 is 0. The molecule has 0 saturated carbocycles. The minimum absolute atomic E-state index is 0.0831. The van der Waals surface area contributed by atoms with Crippen LogP contribution in [0.2, 0.25) is 0 Å². The van der Waals surface area contributed by atoms with Crippen LogP contribution in [0.5, 0.6) is 0 Å². The van der Waals surface area contributed by atoms with Crippen LogP contribution in [-0.2, 0) is 25.6 Å². The zero-order chi connectivity index (χ0) is 28.1. The van der Waals surface area contributed by atoms with Crippen molar-refractivity contribution in [1.82, 2.24) is 25.9 Å². The molecule has 1 aromatic heterocycles.